The van der Waals surface area contributed by atoms with E-state index in [9.17, 15) is 0 Å². The van der Waals surface area contributed by atoms with Gasteiger partial charge in [0.1, 0.15) is 10.8 Å². The summed E-state index contributed by atoms with van der Waals surface area (Å²) in [7, 11) is 0. The molecule has 2 N–H and O–H groups in total. The zero-order valence-electron chi connectivity index (χ0n) is 9.27. The minimum Gasteiger partial charge on any atom is -0.389 e. The maximum Gasteiger partial charge on any atom is 0.110 e. The molecule has 0 fully saturated rings. The van der Waals surface area contributed by atoms with Crippen LogP contribution in [0.3, 0.4) is 0 Å². The highest BCUT2D eigenvalue weighted by atomic mass is 32.1. The Morgan fingerprint density at radius 2 is 2.12 bits per heavy atom. The minimum absolute atomic E-state index is 0.428. The number of rotatable bonds is 2. The summed E-state index contributed by atoms with van der Waals surface area (Å²) in [6.45, 7) is 4.01. The molecule has 0 saturated heterocycles. The first-order chi connectivity index (χ1) is 7.59. The standard InChI is InChI=1S/C12H13N3S/c1-8-7-10(12(13)16)3-4-11(8)15-6-5-14-9(15)2/h3-7H,1-2H3,(H2,13,16). The van der Waals surface area contributed by atoms with Crippen molar-refractivity contribution >= 4 is 17.2 Å². The van der Waals surface area contributed by atoms with Crippen molar-refractivity contribution in [3.05, 3.63) is 47.5 Å². The molecule has 2 aromatic rings. The number of benzene rings is 1. The summed E-state index contributed by atoms with van der Waals surface area (Å²) >= 11 is 4.95. The van der Waals surface area contributed by atoms with Crippen molar-refractivity contribution in [2.75, 3.05) is 0 Å². The summed E-state index contributed by atoms with van der Waals surface area (Å²) in [6.07, 6.45) is 3.73. The molecular formula is C12H13N3S. The quantitative estimate of drug-likeness (QED) is 0.805. The lowest BCUT2D eigenvalue weighted by atomic mass is 10.1. The van der Waals surface area contributed by atoms with Crippen molar-refractivity contribution in [3.63, 3.8) is 0 Å². The van der Waals surface area contributed by atoms with Gasteiger partial charge in [-0.3, -0.25) is 0 Å². The van der Waals surface area contributed by atoms with Gasteiger partial charge in [0, 0.05) is 23.6 Å². The molecule has 0 spiro atoms. The maximum absolute atomic E-state index is 5.59. The number of imidazole rings is 1. The Morgan fingerprint density at radius 3 is 2.62 bits per heavy atom. The van der Waals surface area contributed by atoms with Crippen LogP contribution in [0.2, 0.25) is 0 Å². The first kappa shape index (κ1) is 10.8. The molecule has 16 heavy (non-hydrogen) atoms. The van der Waals surface area contributed by atoms with Gasteiger partial charge in [-0.2, -0.15) is 0 Å². The molecule has 4 heteroatoms. The topological polar surface area (TPSA) is 43.8 Å². The van der Waals surface area contributed by atoms with Crippen LogP contribution in [0.1, 0.15) is 17.0 Å². The molecule has 1 aromatic carbocycles. The number of aromatic nitrogens is 2. The third kappa shape index (κ3) is 1.84. The van der Waals surface area contributed by atoms with Crippen molar-refractivity contribution in [2.24, 2.45) is 5.73 Å². The van der Waals surface area contributed by atoms with E-state index in [1.54, 1.807) is 6.20 Å². The lowest BCUT2D eigenvalue weighted by Crippen LogP contribution is -2.10. The monoisotopic (exact) mass is 231 g/mol. The highest BCUT2D eigenvalue weighted by molar-refractivity contribution is 7.80. The van der Waals surface area contributed by atoms with Gasteiger partial charge in [-0.25, -0.2) is 4.98 Å². The van der Waals surface area contributed by atoms with Gasteiger partial charge in [-0.15, -0.1) is 0 Å². The number of nitrogens with zero attached hydrogens (tertiary/aromatic N) is 2. The zero-order valence-corrected chi connectivity index (χ0v) is 10.1. The number of hydrogen-bond donors (Lipinski definition) is 1. The fraction of sp³-hybridized carbons (Fsp3) is 0.167. The van der Waals surface area contributed by atoms with Crippen LogP contribution in [0.4, 0.5) is 0 Å². The molecule has 0 aliphatic rings. The fourth-order valence-electron chi connectivity index (χ4n) is 1.71. The molecule has 2 rings (SSSR count). The molecule has 0 radical (unpaired) electrons. The van der Waals surface area contributed by atoms with Gasteiger partial charge in [0.05, 0.1) is 0 Å². The third-order valence-corrected chi connectivity index (χ3v) is 2.80. The normalized spacial score (nSPS) is 10.4. The van der Waals surface area contributed by atoms with Gasteiger partial charge in [0.25, 0.3) is 0 Å². The van der Waals surface area contributed by atoms with Crippen molar-refractivity contribution in [1.29, 1.82) is 0 Å². The van der Waals surface area contributed by atoms with Gasteiger partial charge in [0.2, 0.25) is 0 Å². The third-order valence-electron chi connectivity index (χ3n) is 2.57. The number of thiocarbonyl (C=S) groups is 1. The first-order valence-corrected chi connectivity index (χ1v) is 5.41. The van der Waals surface area contributed by atoms with E-state index in [1.807, 2.05) is 42.8 Å². The molecule has 3 nitrogen and oxygen atoms in total. The van der Waals surface area contributed by atoms with E-state index in [4.69, 9.17) is 18.0 Å². The van der Waals surface area contributed by atoms with Crippen molar-refractivity contribution in [3.8, 4) is 5.69 Å². The Morgan fingerprint density at radius 1 is 1.38 bits per heavy atom. The molecule has 82 valence electrons. The maximum atomic E-state index is 5.59. The number of hydrogen-bond acceptors (Lipinski definition) is 2. The zero-order chi connectivity index (χ0) is 11.7. The summed E-state index contributed by atoms with van der Waals surface area (Å²) in [4.78, 5) is 4.63. The van der Waals surface area contributed by atoms with E-state index in [-0.39, 0.29) is 0 Å². The van der Waals surface area contributed by atoms with E-state index >= 15 is 0 Å². The molecule has 0 unspecified atom stereocenters. The van der Waals surface area contributed by atoms with E-state index in [1.165, 1.54) is 0 Å². The van der Waals surface area contributed by atoms with Crippen LogP contribution in [-0.4, -0.2) is 14.5 Å². The second-order valence-electron chi connectivity index (χ2n) is 3.71. The average molecular weight is 231 g/mol. The second-order valence-corrected chi connectivity index (χ2v) is 4.15. The highest BCUT2D eigenvalue weighted by Gasteiger charge is 2.05. The Balaban J connectivity index is 2.52. The van der Waals surface area contributed by atoms with Crippen LogP contribution in [0, 0.1) is 13.8 Å². The molecule has 0 aliphatic heterocycles. The molecule has 0 atom stereocenters. The number of nitrogens with two attached hydrogens (primary N) is 1. The van der Waals surface area contributed by atoms with Crippen LogP contribution in [-0.2, 0) is 0 Å². The molecular weight excluding hydrogens is 218 g/mol. The highest BCUT2D eigenvalue weighted by Crippen LogP contribution is 2.17. The largest absolute Gasteiger partial charge is 0.389 e. The lowest BCUT2D eigenvalue weighted by molar-refractivity contribution is 0.964. The Hall–Kier alpha value is -1.68. The van der Waals surface area contributed by atoms with Gasteiger partial charge in [0.15, 0.2) is 0 Å². The van der Waals surface area contributed by atoms with Crippen molar-refractivity contribution in [2.45, 2.75) is 13.8 Å². The predicted molar refractivity (Wildman–Crippen MR) is 68.9 cm³/mol. The number of aryl methyl sites for hydroxylation is 2. The molecule has 0 aliphatic carbocycles. The van der Waals surface area contributed by atoms with Crippen LogP contribution in [0.15, 0.2) is 30.6 Å². The van der Waals surface area contributed by atoms with Gasteiger partial charge < -0.3 is 10.3 Å². The van der Waals surface area contributed by atoms with Crippen molar-refractivity contribution < 1.29 is 0 Å². The molecule has 0 saturated carbocycles. The molecule has 1 heterocycles. The van der Waals surface area contributed by atoms with Crippen LogP contribution in [0.5, 0.6) is 0 Å². The summed E-state index contributed by atoms with van der Waals surface area (Å²) in [6, 6.07) is 5.94. The smallest absolute Gasteiger partial charge is 0.110 e. The fourth-order valence-corrected chi connectivity index (χ4v) is 1.84. The van der Waals surface area contributed by atoms with E-state index < -0.39 is 0 Å². The Bertz CT molecular complexity index is 543. The van der Waals surface area contributed by atoms with Crippen LogP contribution in [0.25, 0.3) is 5.69 Å². The Kier molecular flexibility index (Phi) is 2.75. The van der Waals surface area contributed by atoms with Gasteiger partial charge in [-0.05, 0) is 37.6 Å². The van der Waals surface area contributed by atoms with E-state index in [0.717, 1.165) is 22.6 Å². The average Bonchev–Trinajstić information content (AvgIpc) is 2.64. The van der Waals surface area contributed by atoms with Crippen LogP contribution < -0.4 is 5.73 Å². The Labute approximate surface area is 99.9 Å². The van der Waals surface area contributed by atoms with Crippen LogP contribution >= 0.6 is 12.2 Å². The van der Waals surface area contributed by atoms with Gasteiger partial charge in [-0.1, -0.05) is 12.2 Å². The summed E-state index contributed by atoms with van der Waals surface area (Å²) in [5.74, 6) is 0.964. The molecule has 0 bridgehead atoms. The summed E-state index contributed by atoms with van der Waals surface area (Å²) < 4.78 is 2.04. The predicted octanol–water partition coefficient (Wildman–Crippen LogP) is 2.12. The second kappa shape index (κ2) is 4.06. The SMILES string of the molecule is Cc1cc(C(N)=S)ccc1-n1ccnc1C. The van der Waals surface area contributed by atoms with E-state index in [2.05, 4.69) is 4.98 Å². The lowest BCUT2D eigenvalue weighted by Gasteiger charge is -2.10. The van der Waals surface area contributed by atoms with Crippen molar-refractivity contribution in [1.82, 2.24) is 9.55 Å². The molecule has 1 aromatic heterocycles. The summed E-state index contributed by atoms with van der Waals surface area (Å²) in [5, 5.41) is 0. The first-order valence-electron chi connectivity index (χ1n) is 5.00. The van der Waals surface area contributed by atoms with Gasteiger partial charge >= 0.3 is 0 Å². The summed E-state index contributed by atoms with van der Waals surface area (Å²) in [5.41, 5.74) is 8.73. The molecule has 0 amide bonds. The minimum atomic E-state index is 0.428. The van der Waals surface area contributed by atoms with E-state index in [0.29, 0.717) is 4.99 Å².